The van der Waals surface area contributed by atoms with Crippen LogP contribution in [-0.2, 0) is 0 Å². The van der Waals surface area contributed by atoms with Gasteiger partial charge >= 0.3 is 0 Å². The molecular weight excluding hydrogens is 230 g/mol. The number of hydrogen-bond donors (Lipinski definition) is 0. The normalized spacial score (nSPS) is 32.9. The molecule has 2 aliphatic heterocycles. The summed E-state index contributed by atoms with van der Waals surface area (Å²) in [7, 11) is 0. The molecule has 1 nitrogen and oxygen atoms in total. The van der Waals surface area contributed by atoms with Gasteiger partial charge in [-0.2, -0.15) is 0 Å². The van der Waals surface area contributed by atoms with Crippen molar-refractivity contribution in [2.45, 2.75) is 37.8 Å². The Morgan fingerprint density at radius 1 is 1.21 bits per heavy atom. The van der Waals surface area contributed by atoms with Crippen LogP contribution in [0.3, 0.4) is 0 Å². The zero-order chi connectivity index (χ0) is 13.4. The van der Waals surface area contributed by atoms with Crippen LogP contribution in [0.25, 0.3) is 0 Å². The van der Waals surface area contributed by atoms with E-state index >= 15 is 0 Å². The molecule has 1 heteroatoms. The van der Waals surface area contributed by atoms with Crippen molar-refractivity contribution in [2.75, 3.05) is 6.54 Å². The van der Waals surface area contributed by atoms with Crippen molar-refractivity contribution < 1.29 is 0 Å². The van der Waals surface area contributed by atoms with Crippen LogP contribution in [0, 0.1) is 5.92 Å². The van der Waals surface area contributed by atoms with Crippen LogP contribution in [0.4, 0.5) is 0 Å². The number of rotatable bonds is 4. The summed E-state index contributed by atoms with van der Waals surface area (Å²) in [6.07, 6.45) is 6.48. The van der Waals surface area contributed by atoms with Gasteiger partial charge in [-0.15, -0.1) is 13.2 Å². The van der Waals surface area contributed by atoms with Crippen molar-refractivity contribution in [3.05, 3.63) is 60.7 Å². The third kappa shape index (κ3) is 1.88. The molecule has 3 aliphatic rings. The molecule has 2 heterocycles. The van der Waals surface area contributed by atoms with Crippen LogP contribution in [0.15, 0.2) is 49.6 Å². The molecule has 2 bridgehead atoms. The van der Waals surface area contributed by atoms with Crippen LogP contribution < -0.4 is 0 Å². The molecular formula is C18H23N. The smallest absolute Gasteiger partial charge is 0.0360 e. The van der Waals surface area contributed by atoms with E-state index in [0.29, 0.717) is 18.0 Å². The zero-order valence-corrected chi connectivity index (χ0v) is 11.8. The lowest BCUT2D eigenvalue weighted by molar-refractivity contribution is 0.0281. The van der Waals surface area contributed by atoms with E-state index in [1.54, 1.807) is 11.1 Å². The molecule has 0 spiro atoms. The Bertz CT molecular complexity index is 490. The first kappa shape index (κ1) is 12.7. The number of fused-ring (bicyclic) bond motifs is 2. The highest BCUT2D eigenvalue weighted by atomic mass is 15.2. The second-order valence-electron chi connectivity index (χ2n) is 5.96. The molecule has 1 fully saturated rings. The molecule has 0 saturated carbocycles. The summed E-state index contributed by atoms with van der Waals surface area (Å²) in [4.78, 5) is 2.64. The van der Waals surface area contributed by atoms with E-state index in [9.17, 15) is 0 Å². The Balaban J connectivity index is 2.08. The van der Waals surface area contributed by atoms with Gasteiger partial charge in [0, 0.05) is 24.5 Å². The first-order valence-corrected chi connectivity index (χ1v) is 7.34. The van der Waals surface area contributed by atoms with Gasteiger partial charge in [-0.25, -0.2) is 0 Å². The van der Waals surface area contributed by atoms with Gasteiger partial charge in [0.15, 0.2) is 0 Å². The maximum atomic E-state index is 3.96. The van der Waals surface area contributed by atoms with Gasteiger partial charge in [0.2, 0.25) is 0 Å². The fourth-order valence-corrected chi connectivity index (χ4v) is 4.25. The van der Waals surface area contributed by atoms with E-state index in [4.69, 9.17) is 0 Å². The summed E-state index contributed by atoms with van der Waals surface area (Å²) in [5.41, 5.74) is 3.13. The van der Waals surface area contributed by atoms with E-state index in [2.05, 4.69) is 55.3 Å². The molecule has 4 rings (SSSR count). The molecule has 1 aromatic rings. The fourth-order valence-electron chi connectivity index (χ4n) is 4.25. The van der Waals surface area contributed by atoms with E-state index < -0.39 is 0 Å². The molecule has 0 radical (unpaired) electrons. The Hall–Kier alpha value is -1.34. The van der Waals surface area contributed by atoms with Gasteiger partial charge < -0.3 is 0 Å². The molecule has 100 valence electrons. The Kier molecular flexibility index (Phi) is 3.32. The third-order valence-electron chi connectivity index (χ3n) is 4.91. The summed E-state index contributed by atoms with van der Waals surface area (Å²) < 4.78 is 0. The van der Waals surface area contributed by atoms with Gasteiger partial charge in [0.1, 0.15) is 0 Å². The molecule has 0 unspecified atom stereocenters. The van der Waals surface area contributed by atoms with Crippen molar-refractivity contribution >= 4 is 0 Å². The van der Waals surface area contributed by atoms with Crippen LogP contribution in [-0.4, -0.2) is 17.5 Å². The van der Waals surface area contributed by atoms with E-state index in [1.165, 1.54) is 6.42 Å². The highest BCUT2D eigenvalue weighted by Gasteiger charge is 2.47. The first-order chi connectivity index (χ1) is 9.27. The predicted octanol–water partition coefficient (Wildman–Crippen LogP) is 4.30. The molecule has 19 heavy (non-hydrogen) atoms. The standard InChI is InChI=1S/C18H23N/c1-4-8-16-18-13(3)12-17(19(16)11-5-2)14-9-6-7-10-15(14)18/h4-7,9-10,13,16-18H,1-2,8,11-12H2,3H3/t13-,16-,17-,18+/m0/s1. The minimum Gasteiger partial charge on any atom is -0.289 e. The van der Waals surface area contributed by atoms with Gasteiger partial charge in [-0.1, -0.05) is 43.3 Å². The summed E-state index contributed by atoms with van der Waals surface area (Å²) in [5, 5.41) is 0. The Labute approximate surface area is 116 Å². The molecule has 1 aromatic carbocycles. The van der Waals surface area contributed by atoms with Crippen molar-refractivity contribution in [3.8, 4) is 0 Å². The van der Waals surface area contributed by atoms with Gasteiger partial charge in [-0.05, 0) is 29.9 Å². The summed E-state index contributed by atoms with van der Waals surface area (Å²) in [6, 6.07) is 10.2. The minimum atomic E-state index is 0.569. The van der Waals surface area contributed by atoms with Crippen molar-refractivity contribution in [2.24, 2.45) is 5.92 Å². The average Bonchev–Trinajstić information content (AvgIpc) is 2.42. The maximum Gasteiger partial charge on any atom is 0.0360 e. The molecule has 1 aliphatic carbocycles. The summed E-state index contributed by atoms with van der Waals surface area (Å²) in [5.74, 6) is 1.42. The molecule has 4 atom stereocenters. The zero-order valence-electron chi connectivity index (χ0n) is 11.8. The number of piperidine rings is 1. The summed E-state index contributed by atoms with van der Waals surface area (Å²) in [6.45, 7) is 11.3. The number of benzene rings is 1. The lowest BCUT2D eigenvalue weighted by Crippen LogP contribution is -2.52. The van der Waals surface area contributed by atoms with Crippen molar-refractivity contribution in [1.29, 1.82) is 0 Å². The minimum absolute atomic E-state index is 0.569. The van der Waals surface area contributed by atoms with E-state index in [1.807, 2.05) is 6.08 Å². The van der Waals surface area contributed by atoms with E-state index in [-0.39, 0.29) is 0 Å². The molecule has 0 N–H and O–H groups in total. The van der Waals surface area contributed by atoms with Crippen molar-refractivity contribution in [1.82, 2.24) is 4.90 Å². The SMILES string of the molecule is C=CC[C@H]1[C@H]2c3ccccc3[C@H](C[C@@H]2C)N1CC=C. The largest absolute Gasteiger partial charge is 0.289 e. The van der Waals surface area contributed by atoms with Crippen molar-refractivity contribution in [3.63, 3.8) is 0 Å². The number of hydrogen-bond acceptors (Lipinski definition) is 1. The second kappa shape index (κ2) is 4.97. The molecule has 0 aromatic heterocycles. The van der Waals surface area contributed by atoms with Gasteiger partial charge in [0.25, 0.3) is 0 Å². The van der Waals surface area contributed by atoms with Crippen LogP contribution in [0.5, 0.6) is 0 Å². The highest BCUT2D eigenvalue weighted by Crippen LogP contribution is 2.53. The summed E-state index contributed by atoms with van der Waals surface area (Å²) >= 11 is 0. The molecule has 1 saturated heterocycles. The number of nitrogens with zero attached hydrogens (tertiary/aromatic N) is 1. The fraction of sp³-hybridized carbons (Fsp3) is 0.444. The van der Waals surface area contributed by atoms with Crippen LogP contribution in [0.2, 0.25) is 0 Å². The average molecular weight is 253 g/mol. The second-order valence-corrected chi connectivity index (χ2v) is 5.96. The highest BCUT2D eigenvalue weighted by molar-refractivity contribution is 5.40. The topological polar surface area (TPSA) is 3.24 Å². The molecule has 0 amide bonds. The lowest BCUT2D eigenvalue weighted by Gasteiger charge is -2.55. The van der Waals surface area contributed by atoms with E-state index in [0.717, 1.165) is 18.9 Å². The Morgan fingerprint density at radius 3 is 2.63 bits per heavy atom. The predicted molar refractivity (Wildman–Crippen MR) is 81.2 cm³/mol. The maximum absolute atomic E-state index is 3.96. The van der Waals surface area contributed by atoms with Gasteiger partial charge in [-0.3, -0.25) is 4.90 Å². The monoisotopic (exact) mass is 253 g/mol. The van der Waals surface area contributed by atoms with Gasteiger partial charge in [0.05, 0.1) is 0 Å². The third-order valence-corrected chi connectivity index (χ3v) is 4.91. The van der Waals surface area contributed by atoms with Crippen LogP contribution >= 0.6 is 0 Å². The lowest BCUT2D eigenvalue weighted by atomic mass is 9.64. The van der Waals surface area contributed by atoms with Crippen LogP contribution in [0.1, 0.15) is 42.9 Å². The first-order valence-electron chi connectivity index (χ1n) is 7.34. The quantitative estimate of drug-likeness (QED) is 0.723. The Morgan fingerprint density at radius 2 is 1.95 bits per heavy atom.